The summed E-state index contributed by atoms with van der Waals surface area (Å²) in [6.07, 6.45) is 2.31. The second-order valence-corrected chi connectivity index (χ2v) is 4.37. The van der Waals surface area contributed by atoms with Crippen LogP contribution in [0.15, 0.2) is 18.2 Å². The molecular weight excluding hydrogens is 198 g/mol. The molecule has 0 saturated heterocycles. The fourth-order valence-corrected chi connectivity index (χ4v) is 1.90. The number of hydrogen-bond donors (Lipinski definition) is 1. The summed E-state index contributed by atoms with van der Waals surface area (Å²) >= 11 is 0. The molecule has 2 heteroatoms. The van der Waals surface area contributed by atoms with Crippen molar-refractivity contribution < 1.29 is 4.74 Å². The van der Waals surface area contributed by atoms with Crippen molar-refractivity contribution in [3.8, 4) is 0 Å². The van der Waals surface area contributed by atoms with Crippen molar-refractivity contribution in [2.75, 3.05) is 20.3 Å². The number of benzene rings is 1. The van der Waals surface area contributed by atoms with E-state index >= 15 is 0 Å². The molecule has 0 unspecified atom stereocenters. The predicted octanol–water partition coefficient (Wildman–Crippen LogP) is 2.82. The van der Waals surface area contributed by atoms with Gasteiger partial charge in [0, 0.05) is 20.3 Å². The molecule has 0 aliphatic rings. The van der Waals surface area contributed by atoms with Gasteiger partial charge in [-0.15, -0.1) is 0 Å². The van der Waals surface area contributed by atoms with Crippen molar-refractivity contribution in [1.82, 2.24) is 5.32 Å². The van der Waals surface area contributed by atoms with Crippen LogP contribution in [0, 0.1) is 13.8 Å². The maximum absolute atomic E-state index is 5.01. The van der Waals surface area contributed by atoms with Gasteiger partial charge >= 0.3 is 0 Å². The minimum atomic E-state index is 0.866. The summed E-state index contributed by atoms with van der Waals surface area (Å²) < 4.78 is 5.01. The van der Waals surface area contributed by atoms with Crippen molar-refractivity contribution in [1.29, 1.82) is 0 Å². The normalized spacial score (nSPS) is 10.7. The summed E-state index contributed by atoms with van der Waals surface area (Å²) in [4.78, 5) is 0. The van der Waals surface area contributed by atoms with Crippen LogP contribution in [-0.4, -0.2) is 20.3 Å². The molecule has 0 aromatic heterocycles. The molecule has 0 spiro atoms. The number of aryl methyl sites for hydroxylation is 2. The van der Waals surface area contributed by atoms with E-state index in [9.17, 15) is 0 Å². The highest BCUT2D eigenvalue weighted by Crippen LogP contribution is 2.08. The third kappa shape index (κ3) is 5.29. The Hall–Kier alpha value is -0.860. The summed E-state index contributed by atoms with van der Waals surface area (Å²) in [5, 5.41) is 3.46. The van der Waals surface area contributed by atoms with Gasteiger partial charge in [0.25, 0.3) is 0 Å². The number of unbranched alkanes of at least 4 members (excludes halogenated alkanes) is 1. The minimum Gasteiger partial charge on any atom is -0.385 e. The number of methoxy groups -OCH3 is 1. The third-order valence-corrected chi connectivity index (χ3v) is 2.56. The Bertz CT molecular complexity index is 289. The molecule has 0 aliphatic carbocycles. The standard InChI is InChI=1S/C14H23NO/c1-12-8-13(2)10-14(9-12)11-15-6-4-5-7-16-3/h8-10,15H,4-7,11H2,1-3H3. The second kappa shape index (κ2) is 7.42. The Morgan fingerprint density at radius 3 is 2.38 bits per heavy atom. The molecule has 1 N–H and O–H groups in total. The number of hydrogen-bond acceptors (Lipinski definition) is 2. The van der Waals surface area contributed by atoms with Crippen LogP contribution in [0.4, 0.5) is 0 Å². The zero-order chi connectivity index (χ0) is 11.8. The molecule has 0 saturated carbocycles. The topological polar surface area (TPSA) is 21.3 Å². The number of ether oxygens (including phenoxy) is 1. The predicted molar refractivity (Wildman–Crippen MR) is 68.7 cm³/mol. The van der Waals surface area contributed by atoms with Gasteiger partial charge in [0.05, 0.1) is 0 Å². The Labute approximate surface area is 99.0 Å². The van der Waals surface area contributed by atoms with Gasteiger partial charge in [0.2, 0.25) is 0 Å². The molecule has 90 valence electrons. The van der Waals surface area contributed by atoms with Gasteiger partial charge in [-0.2, -0.15) is 0 Å². The van der Waals surface area contributed by atoms with Gasteiger partial charge in [-0.1, -0.05) is 29.3 Å². The third-order valence-electron chi connectivity index (χ3n) is 2.56. The van der Waals surface area contributed by atoms with Gasteiger partial charge in [0.1, 0.15) is 0 Å². The van der Waals surface area contributed by atoms with Crippen molar-refractivity contribution in [3.05, 3.63) is 34.9 Å². The zero-order valence-corrected chi connectivity index (χ0v) is 10.7. The van der Waals surface area contributed by atoms with Crippen LogP contribution in [0.25, 0.3) is 0 Å². The average Bonchev–Trinajstić information content (AvgIpc) is 2.22. The quantitative estimate of drug-likeness (QED) is 0.715. The van der Waals surface area contributed by atoms with Crippen molar-refractivity contribution in [2.45, 2.75) is 33.2 Å². The van der Waals surface area contributed by atoms with Gasteiger partial charge in [-0.3, -0.25) is 0 Å². The van der Waals surface area contributed by atoms with Crippen molar-refractivity contribution in [3.63, 3.8) is 0 Å². The van der Waals surface area contributed by atoms with E-state index < -0.39 is 0 Å². The fourth-order valence-electron chi connectivity index (χ4n) is 1.90. The molecule has 0 amide bonds. The van der Waals surface area contributed by atoms with Crippen LogP contribution in [0.1, 0.15) is 29.5 Å². The molecule has 2 nitrogen and oxygen atoms in total. The smallest absolute Gasteiger partial charge is 0.0462 e. The molecule has 0 radical (unpaired) electrons. The zero-order valence-electron chi connectivity index (χ0n) is 10.7. The lowest BCUT2D eigenvalue weighted by Crippen LogP contribution is -2.15. The van der Waals surface area contributed by atoms with E-state index in [1.807, 2.05) is 0 Å². The van der Waals surface area contributed by atoms with Gasteiger partial charge in [0.15, 0.2) is 0 Å². The first-order valence-corrected chi connectivity index (χ1v) is 5.99. The minimum absolute atomic E-state index is 0.866. The molecule has 0 aliphatic heterocycles. The SMILES string of the molecule is COCCCCNCc1cc(C)cc(C)c1. The van der Waals surface area contributed by atoms with Crippen LogP contribution in [-0.2, 0) is 11.3 Å². The lowest BCUT2D eigenvalue weighted by molar-refractivity contribution is 0.192. The molecule has 1 rings (SSSR count). The van der Waals surface area contributed by atoms with Crippen LogP contribution < -0.4 is 5.32 Å². The maximum Gasteiger partial charge on any atom is 0.0462 e. The molecule has 0 atom stereocenters. The Kier molecular flexibility index (Phi) is 6.12. The average molecular weight is 221 g/mol. The van der Waals surface area contributed by atoms with Crippen LogP contribution in [0.2, 0.25) is 0 Å². The van der Waals surface area contributed by atoms with Crippen LogP contribution in [0.3, 0.4) is 0 Å². The highest BCUT2D eigenvalue weighted by atomic mass is 16.5. The molecular formula is C14H23NO. The summed E-state index contributed by atoms with van der Waals surface area (Å²) in [5.41, 5.74) is 4.07. The maximum atomic E-state index is 5.01. The lowest BCUT2D eigenvalue weighted by Gasteiger charge is -2.07. The molecule has 1 aromatic rings. The summed E-state index contributed by atoms with van der Waals surface area (Å²) in [7, 11) is 1.75. The monoisotopic (exact) mass is 221 g/mol. The highest BCUT2D eigenvalue weighted by molar-refractivity contribution is 5.28. The Balaban J connectivity index is 2.21. The molecule has 0 fully saturated rings. The molecule has 16 heavy (non-hydrogen) atoms. The summed E-state index contributed by atoms with van der Waals surface area (Å²) in [5.74, 6) is 0. The van der Waals surface area contributed by atoms with E-state index in [1.165, 1.54) is 23.1 Å². The van der Waals surface area contributed by atoms with Crippen LogP contribution >= 0.6 is 0 Å². The van der Waals surface area contributed by atoms with E-state index in [0.29, 0.717) is 0 Å². The number of nitrogens with one attached hydrogen (secondary N) is 1. The van der Waals surface area contributed by atoms with E-state index in [-0.39, 0.29) is 0 Å². The summed E-state index contributed by atoms with van der Waals surface area (Å²) in [6, 6.07) is 6.70. The first kappa shape index (κ1) is 13.2. The second-order valence-electron chi connectivity index (χ2n) is 4.37. The largest absolute Gasteiger partial charge is 0.385 e. The van der Waals surface area contributed by atoms with Gasteiger partial charge < -0.3 is 10.1 Å². The Morgan fingerprint density at radius 1 is 1.06 bits per heavy atom. The van der Waals surface area contributed by atoms with E-state index in [4.69, 9.17) is 4.74 Å². The van der Waals surface area contributed by atoms with Gasteiger partial charge in [-0.25, -0.2) is 0 Å². The van der Waals surface area contributed by atoms with E-state index in [1.54, 1.807) is 7.11 Å². The molecule has 1 aromatic carbocycles. The van der Waals surface area contributed by atoms with Crippen molar-refractivity contribution in [2.24, 2.45) is 0 Å². The van der Waals surface area contributed by atoms with E-state index in [0.717, 1.165) is 26.1 Å². The summed E-state index contributed by atoms with van der Waals surface area (Å²) in [6.45, 7) is 7.20. The fraction of sp³-hybridized carbons (Fsp3) is 0.571. The first-order chi connectivity index (χ1) is 7.72. The first-order valence-electron chi connectivity index (χ1n) is 5.99. The van der Waals surface area contributed by atoms with Crippen LogP contribution in [0.5, 0.6) is 0 Å². The highest BCUT2D eigenvalue weighted by Gasteiger charge is 1.95. The Morgan fingerprint density at radius 2 is 1.75 bits per heavy atom. The lowest BCUT2D eigenvalue weighted by atomic mass is 10.1. The number of rotatable bonds is 7. The van der Waals surface area contributed by atoms with Crippen molar-refractivity contribution >= 4 is 0 Å². The molecule has 0 bridgehead atoms. The van der Waals surface area contributed by atoms with Gasteiger partial charge in [-0.05, 0) is 38.8 Å². The molecule has 0 heterocycles. The van der Waals surface area contributed by atoms with E-state index in [2.05, 4.69) is 37.4 Å².